The van der Waals surface area contributed by atoms with Crippen LogP contribution in [0.2, 0.25) is 0 Å². The van der Waals surface area contributed by atoms with Crippen molar-refractivity contribution in [2.24, 2.45) is 5.16 Å². The summed E-state index contributed by atoms with van der Waals surface area (Å²) < 4.78 is 0. The molecule has 2 heterocycles. The Labute approximate surface area is 172 Å². The van der Waals surface area contributed by atoms with Crippen LogP contribution in [0.5, 0.6) is 0 Å². The normalized spacial score (nSPS) is 22.5. The van der Waals surface area contributed by atoms with Crippen LogP contribution in [0.4, 0.5) is 0 Å². The van der Waals surface area contributed by atoms with Crippen LogP contribution in [-0.2, 0) is 5.66 Å². The van der Waals surface area contributed by atoms with E-state index in [4.69, 9.17) is 5.21 Å². The summed E-state index contributed by atoms with van der Waals surface area (Å²) in [6.45, 7) is 7.47. The van der Waals surface area contributed by atoms with Crippen LogP contribution < -0.4 is 5.32 Å². The Morgan fingerprint density at radius 1 is 1.07 bits per heavy atom. The summed E-state index contributed by atoms with van der Waals surface area (Å²) in [5.41, 5.74) is 4.21. The molecular formula is C22H27ClN4O. The minimum absolute atomic E-state index is 0. The summed E-state index contributed by atoms with van der Waals surface area (Å²) in [7, 11) is 0. The van der Waals surface area contributed by atoms with Gasteiger partial charge in [0.05, 0.1) is 6.21 Å². The van der Waals surface area contributed by atoms with Crippen molar-refractivity contribution in [3.63, 3.8) is 0 Å². The second-order valence-electron chi connectivity index (χ2n) is 7.06. The van der Waals surface area contributed by atoms with Crippen LogP contribution in [0.3, 0.4) is 0 Å². The third-order valence-corrected chi connectivity index (χ3v) is 5.73. The van der Waals surface area contributed by atoms with E-state index >= 15 is 0 Å². The molecule has 1 unspecified atom stereocenters. The molecule has 4 rings (SSSR count). The van der Waals surface area contributed by atoms with E-state index < -0.39 is 0 Å². The predicted octanol–water partition coefficient (Wildman–Crippen LogP) is 3.33. The lowest BCUT2D eigenvalue weighted by molar-refractivity contribution is 0.0411. The van der Waals surface area contributed by atoms with Gasteiger partial charge in [-0.15, -0.1) is 12.4 Å². The number of likely N-dealkylation sites (N-methyl/N-ethyl adjacent to an activating group) is 1. The van der Waals surface area contributed by atoms with Gasteiger partial charge in [-0.05, 0) is 35.5 Å². The molecule has 0 aliphatic carbocycles. The Hall–Kier alpha value is -2.34. The largest absolute Gasteiger partial charge is 0.411 e. The van der Waals surface area contributed by atoms with Crippen LogP contribution in [0, 0.1) is 0 Å². The van der Waals surface area contributed by atoms with Gasteiger partial charge >= 0.3 is 0 Å². The predicted molar refractivity (Wildman–Crippen MR) is 116 cm³/mol. The first kappa shape index (κ1) is 20.4. The first-order valence-electron chi connectivity index (χ1n) is 9.57. The topological polar surface area (TPSA) is 51.1 Å². The summed E-state index contributed by atoms with van der Waals surface area (Å²) in [6.07, 6.45) is 5.67. The molecule has 1 saturated heterocycles. The summed E-state index contributed by atoms with van der Waals surface area (Å²) in [6, 6.07) is 16.9. The molecule has 0 radical (unpaired) electrons. The van der Waals surface area contributed by atoms with E-state index in [-0.39, 0.29) is 18.1 Å². The molecule has 28 heavy (non-hydrogen) atoms. The molecule has 2 aliphatic rings. The van der Waals surface area contributed by atoms with Gasteiger partial charge in [-0.1, -0.05) is 60.6 Å². The molecular weight excluding hydrogens is 372 g/mol. The number of nitrogens with one attached hydrogen (secondary N) is 1. The number of fused-ring (bicyclic) bond motifs is 1. The maximum atomic E-state index is 8.81. The molecule has 0 saturated carbocycles. The average molecular weight is 399 g/mol. The number of hydrogen-bond donors (Lipinski definition) is 2. The molecule has 2 aromatic carbocycles. The molecule has 148 valence electrons. The van der Waals surface area contributed by atoms with Crippen LogP contribution in [0.15, 0.2) is 59.9 Å². The van der Waals surface area contributed by atoms with Crippen molar-refractivity contribution in [3.05, 3.63) is 77.0 Å². The van der Waals surface area contributed by atoms with E-state index in [0.717, 1.165) is 38.3 Å². The molecule has 1 atom stereocenters. The lowest BCUT2D eigenvalue weighted by atomic mass is 9.83. The van der Waals surface area contributed by atoms with Gasteiger partial charge in [-0.3, -0.25) is 4.90 Å². The minimum atomic E-state index is -0.389. The zero-order chi connectivity index (χ0) is 18.7. The van der Waals surface area contributed by atoms with E-state index in [2.05, 4.69) is 75.9 Å². The van der Waals surface area contributed by atoms with Gasteiger partial charge in [0.2, 0.25) is 0 Å². The molecule has 0 aromatic heterocycles. The quantitative estimate of drug-likeness (QED) is 0.471. The van der Waals surface area contributed by atoms with Gasteiger partial charge in [0, 0.05) is 31.7 Å². The number of hydrogen-bond acceptors (Lipinski definition) is 5. The smallest absolute Gasteiger partial charge is 0.144 e. The number of piperazine rings is 1. The molecule has 2 aliphatic heterocycles. The third kappa shape index (κ3) is 3.53. The Morgan fingerprint density at radius 3 is 2.46 bits per heavy atom. The molecule has 1 fully saturated rings. The Morgan fingerprint density at radius 2 is 1.79 bits per heavy atom. The van der Waals surface area contributed by atoms with Crippen LogP contribution in [-0.4, -0.2) is 53.9 Å². The van der Waals surface area contributed by atoms with E-state index in [1.807, 2.05) is 12.1 Å². The molecule has 2 aromatic rings. The zero-order valence-corrected chi connectivity index (χ0v) is 16.9. The summed E-state index contributed by atoms with van der Waals surface area (Å²) in [5.74, 6) is 0. The van der Waals surface area contributed by atoms with Gasteiger partial charge in [0.1, 0.15) is 5.66 Å². The second kappa shape index (κ2) is 8.78. The molecule has 0 spiro atoms. The minimum Gasteiger partial charge on any atom is -0.411 e. The summed E-state index contributed by atoms with van der Waals surface area (Å²) in [5, 5.41) is 15.6. The van der Waals surface area contributed by atoms with Crippen molar-refractivity contribution in [1.82, 2.24) is 15.1 Å². The van der Waals surface area contributed by atoms with E-state index in [0.29, 0.717) is 0 Å². The van der Waals surface area contributed by atoms with Crippen molar-refractivity contribution >= 4 is 24.7 Å². The lowest BCUT2D eigenvalue weighted by Crippen LogP contribution is -2.61. The first-order valence-corrected chi connectivity index (χ1v) is 9.57. The van der Waals surface area contributed by atoms with Gasteiger partial charge in [-0.25, -0.2) is 0 Å². The highest BCUT2D eigenvalue weighted by molar-refractivity contribution is 5.85. The maximum Gasteiger partial charge on any atom is 0.144 e. The number of nitrogens with zero attached hydrogens (tertiary/aromatic N) is 3. The van der Waals surface area contributed by atoms with Gasteiger partial charge < -0.3 is 15.4 Å². The van der Waals surface area contributed by atoms with Crippen molar-refractivity contribution in [2.75, 3.05) is 32.7 Å². The molecule has 0 amide bonds. The van der Waals surface area contributed by atoms with Crippen LogP contribution >= 0.6 is 12.4 Å². The molecule has 6 heteroatoms. The molecule has 0 bridgehead atoms. The number of oxime groups is 1. The SMILES string of the molecule is CCN1CCN(C2(c3ccc(C=NO)cc3)NC=Cc3ccccc32)CC1.Cl. The van der Waals surface area contributed by atoms with Crippen molar-refractivity contribution < 1.29 is 5.21 Å². The fourth-order valence-electron chi connectivity index (χ4n) is 4.26. The van der Waals surface area contributed by atoms with E-state index in [9.17, 15) is 0 Å². The fraction of sp³-hybridized carbons (Fsp3) is 0.318. The van der Waals surface area contributed by atoms with Crippen molar-refractivity contribution in [1.29, 1.82) is 0 Å². The second-order valence-corrected chi connectivity index (χ2v) is 7.06. The lowest BCUT2D eigenvalue weighted by Gasteiger charge is -2.50. The van der Waals surface area contributed by atoms with Crippen molar-refractivity contribution in [3.8, 4) is 0 Å². The highest BCUT2D eigenvalue weighted by Gasteiger charge is 2.43. The van der Waals surface area contributed by atoms with Gasteiger partial charge in [0.25, 0.3) is 0 Å². The first-order chi connectivity index (χ1) is 13.3. The van der Waals surface area contributed by atoms with E-state index in [1.54, 1.807) is 0 Å². The molecule has 5 nitrogen and oxygen atoms in total. The monoisotopic (exact) mass is 398 g/mol. The number of benzene rings is 2. The Balaban J connectivity index is 0.00000225. The summed E-state index contributed by atoms with van der Waals surface area (Å²) in [4.78, 5) is 5.05. The Bertz CT molecular complexity index is 844. The molecule has 2 N–H and O–H groups in total. The van der Waals surface area contributed by atoms with Crippen LogP contribution in [0.1, 0.15) is 29.2 Å². The highest BCUT2D eigenvalue weighted by Crippen LogP contribution is 2.39. The third-order valence-electron chi connectivity index (χ3n) is 5.73. The van der Waals surface area contributed by atoms with E-state index in [1.165, 1.54) is 22.9 Å². The summed E-state index contributed by atoms with van der Waals surface area (Å²) >= 11 is 0. The van der Waals surface area contributed by atoms with Gasteiger partial charge in [0.15, 0.2) is 0 Å². The average Bonchev–Trinajstić information content (AvgIpc) is 2.74. The highest BCUT2D eigenvalue weighted by atomic mass is 35.5. The number of halogens is 1. The van der Waals surface area contributed by atoms with Crippen LogP contribution in [0.25, 0.3) is 6.08 Å². The fourth-order valence-corrected chi connectivity index (χ4v) is 4.26. The van der Waals surface area contributed by atoms with Crippen molar-refractivity contribution in [2.45, 2.75) is 12.6 Å². The maximum absolute atomic E-state index is 8.81. The standard InChI is InChI=1S/C22H26N4O.ClH/c1-2-25-13-15-26(16-14-25)22(20-9-7-18(8-10-20)17-24-27)21-6-4-3-5-19(21)11-12-23-22;/h3-12,17,23,27H,2,13-16H2,1H3;1H. The van der Waals surface area contributed by atoms with Gasteiger partial charge in [-0.2, -0.15) is 0 Å². The Kier molecular flexibility index (Phi) is 6.39. The zero-order valence-electron chi connectivity index (χ0n) is 16.1. The number of rotatable bonds is 4.